The van der Waals surface area contributed by atoms with Crippen LogP contribution in [0.25, 0.3) is 11.1 Å². The summed E-state index contributed by atoms with van der Waals surface area (Å²) in [6, 6.07) is 7.21. The highest BCUT2D eigenvalue weighted by molar-refractivity contribution is 7.20. The SMILES string of the molecule is CCn1c(=O)oc2cc(C(Cl)c3cc(Cl)sc3Cl)ccc21. The van der Waals surface area contributed by atoms with Gasteiger partial charge in [0.05, 0.1) is 19.6 Å². The maximum Gasteiger partial charge on any atom is 0.419 e. The maximum atomic E-state index is 11.7. The van der Waals surface area contributed by atoms with Gasteiger partial charge in [-0.15, -0.1) is 22.9 Å². The summed E-state index contributed by atoms with van der Waals surface area (Å²) >= 11 is 19.8. The van der Waals surface area contributed by atoms with Crippen molar-refractivity contribution < 1.29 is 4.42 Å². The van der Waals surface area contributed by atoms with E-state index >= 15 is 0 Å². The molecule has 0 bridgehead atoms. The molecule has 0 radical (unpaired) electrons. The molecule has 1 unspecified atom stereocenters. The van der Waals surface area contributed by atoms with E-state index in [0.29, 0.717) is 20.8 Å². The van der Waals surface area contributed by atoms with Crippen LogP contribution >= 0.6 is 46.1 Å². The molecule has 0 aliphatic rings. The number of rotatable bonds is 3. The number of aromatic nitrogens is 1. The summed E-state index contributed by atoms with van der Waals surface area (Å²) < 4.78 is 7.96. The van der Waals surface area contributed by atoms with E-state index < -0.39 is 5.38 Å². The normalized spacial score (nSPS) is 13.0. The third-order valence-corrected chi connectivity index (χ3v) is 5.26. The Kier molecular flexibility index (Phi) is 4.06. The number of fused-ring (bicyclic) bond motifs is 1. The Balaban J connectivity index is 2.09. The minimum Gasteiger partial charge on any atom is -0.408 e. The third-order valence-electron chi connectivity index (χ3n) is 3.26. The first-order valence-electron chi connectivity index (χ1n) is 6.23. The van der Waals surface area contributed by atoms with Gasteiger partial charge in [-0.25, -0.2) is 4.79 Å². The molecule has 3 nitrogen and oxygen atoms in total. The topological polar surface area (TPSA) is 35.1 Å². The first kappa shape index (κ1) is 15.0. The van der Waals surface area contributed by atoms with Gasteiger partial charge in [-0.05, 0) is 30.7 Å². The lowest BCUT2D eigenvalue weighted by Gasteiger charge is -2.09. The number of nitrogens with zero attached hydrogens (tertiary/aromatic N) is 1. The second kappa shape index (κ2) is 5.69. The van der Waals surface area contributed by atoms with Gasteiger partial charge < -0.3 is 4.42 Å². The zero-order valence-corrected chi connectivity index (χ0v) is 14.0. The molecule has 0 aliphatic carbocycles. The molecule has 0 saturated carbocycles. The highest BCUT2D eigenvalue weighted by Gasteiger charge is 2.19. The van der Waals surface area contributed by atoms with Crippen LogP contribution in [0.3, 0.4) is 0 Å². The molecule has 2 heterocycles. The average molecular weight is 363 g/mol. The molecule has 0 spiro atoms. The van der Waals surface area contributed by atoms with Crippen LogP contribution in [0.5, 0.6) is 0 Å². The minimum absolute atomic E-state index is 0.368. The molecule has 0 fully saturated rings. The number of hydrogen-bond acceptors (Lipinski definition) is 3. The fraction of sp³-hybridized carbons (Fsp3) is 0.214. The van der Waals surface area contributed by atoms with E-state index in [-0.39, 0.29) is 5.76 Å². The molecule has 2 aromatic heterocycles. The van der Waals surface area contributed by atoms with Crippen molar-refractivity contribution in [2.45, 2.75) is 18.8 Å². The molecule has 0 amide bonds. The smallest absolute Gasteiger partial charge is 0.408 e. The van der Waals surface area contributed by atoms with Gasteiger partial charge in [0, 0.05) is 12.1 Å². The van der Waals surface area contributed by atoms with Gasteiger partial charge in [-0.3, -0.25) is 4.57 Å². The van der Waals surface area contributed by atoms with E-state index in [1.807, 2.05) is 19.1 Å². The Morgan fingerprint density at radius 1 is 1.33 bits per heavy atom. The van der Waals surface area contributed by atoms with Gasteiger partial charge in [-0.1, -0.05) is 29.3 Å². The lowest BCUT2D eigenvalue weighted by Crippen LogP contribution is -2.11. The maximum absolute atomic E-state index is 11.7. The van der Waals surface area contributed by atoms with Crippen LogP contribution < -0.4 is 5.76 Å². The number of benzene rings is 1. The molecule has 7 heteroatoms. The Morgan fingerprint density at radius 2 is 2.10 bits per heavy atom. The second-order valence-electron chi connectivity index (χ2n) is 4.48. The number of halogens is 3. The minimum atomic E-state index is -0.444. The predicted molar refractivity (Wildman–Crippen MR) is 88.2 cm³/mol. The standard InChI is InChI=1S/C14H10Cl3NO2S/c1-2-18-9-4-3-7(5-10(9)20-14(18)19)12(16)8-6-11(15)21-13(8)17/h3-6,12H,2H2,1H3. The summed E-state index contributed by atoms with van der Waals surface area (Å²) in [5.74, 6) is -0.368. The number of hydrogen-bond donors (Lipinski definition) is 0. The molecule has 0 N–H and O–H groups in total. The van der Waals surface area contributed by atoms with Crippen LogP contribution in [-0.2, 0) is 6.54 Å². The molecule has 3 rings (SSSR count). The van der Waals surface area contributed by atoms with Crippen molar-refractivity contribution in [2.24, 2.45) is 0 Å². The van der Waals surface area contributed by atoms with Crippen molar-refractivity contribution in [1.29, 1.82) is 0 Å². The van der Waals surface area contributed by atoms with Crippen LogP contribution in [-0.4, -0.2) is 4.57 Å². The average Bonchev–Trinajstić information content (AvgIpc) is 2.95. The van der Waals surface area contributed by atoms with Crippen molar-refractivity contribution in [3.63, 3.8) is 0 Å². The van der Waals surface area contributed by atoms with E-state index in [1.165, 1.54) is 11.3 Å². The van der Waals surface area contributed by atoms with Crippen molar-refractivity contribution in [1.82, 2.24) is 4.57 Å². The Labute approximate surface area is 139 Å². The lowest BCUT2D eigenvalue weighted by molar-refractivity contribution is 0.513. The van der Waals surface area contributed by atoms with E-state index in [9.17, 15) is 4.79 Å². The molecule has 0 saturated heterocycles. The van der Waals surface area contributed by atoms with Crippen molar-refractivity contribution in [2.75, 3.05) is 0 Å². The molecular weight excluding hydrogens is 353 g/mol. The number of aryl methyl sites for hydroxylation is 1. The molecule has 110 valence electrons. The zero-order chi connectivity index (χ0) is 15.1. The van der Waals surface area contributed by atoms with Crippen LogP contribution in [0.15, 0.2) is 33.5 Å². The van der Waals surface area contributed by atoms with Crippen LogP contribution in [0, 0.1) is 0 Å². The Hall–Kier alpha value is -0.940. The summed E-state index contributed by atoms with van der Waals surface area (Å²) in [4.78, 5) is 11.7. The first-order chi connectivity index (χ1) is 10.0. The van der Waals surface area contributed by atoms with Gasteiger partial charge in [0.15, 0.2) is 5.58 Å². The molecule has 1 atom stereocenters. The van der Waals surface area contributed by atoms with Crippen molar-refractivity contribution >= 4 is 57.2 Å². The van der Waals surface area contributed by atoms with E-state index in [1.54, 1.807) is 16.7 Å². The summed E-state index contributed by atoms with van der Waals surface area (Å²) in [5.41, 5.74) is 2.83. The summed E-state index contributed by atoms with van der Waals surface area (Å²) in [7, 11) is 0. The third kappa shape index (κ3) is 2.61. The van der Waals surface area contributed by atoms with Crippen molar-refractivity contribution in [3.05, 3.63) is 54.6 Å². The van der Waals surface area contributed by atoms with E-state index in [2.05, 4.69) is 0 Å². The fourth-order valence-corrected chi connectivity index (χ4v) is 4.21. The van der Waals surface area contributed by atoms with Crippen LogP contribution in [0.2, 0.25) is 8.67 Å². The summed E-state index contributed by atoms with van der Waals surface area (Å²) in [6.45, 7) is 2.45. The Morgan fingerprint density at radius 3 is 2.71 bits per heavy atom. The summed E-state index contributed by atoms with van der Waals surface area (Å²) in [6.07, 6.45) is 0. The zero-order valence-electron chi connectivity index (χ0n) is 10.9. The van der Waals surface area contributed by atoms with Crippen molar-refractivity contribution in [3.8, 4) is 0 Å². The molecule has 0 aliphatic heterocycles. The van der Waals surface area contributed by atoms with Gasteiger partial charge in [-0.2, -0.15) is 0 Å². The largest absolute Gasteiger partial charge is 0.419 e. The van der Waals surface area contributed by atoms with Gasteiger partial charge >= 0.3 is 5.76 Å². The van der Waals surface area contributed by atoms with E-state index in [4.69, 9.17) is 39.2 Å². The molecule has 1 aromatic carbocycles. The number of oxazole rings is 1. The fourth-order valence-electron chi connectivity index (χ4n) is 2.25. The number of alkyl halides is 1. The van der Waals surface area contributed by atoms with E-state index in [0.717, 1.165) is 16.6 Å². The first-order valence-corrected chi connectivity index (χ1v) is 8.24. The van der Waals surface area contributed by atoms with Gasteiger partial charge in [0.2, 0.25) is 0 Å². The lowest BCUT2D eigenvalue weighted by atomic mass is 10.1. The van der Waals surface area contributed by atoms with Gasteiger partial charge in [0.1, 0.15) is 0 Å². The molecular formula is C14H10Cl3NO2S. The monoisotopic (exact) mass is 361 g/mol. The second-order valence-corrected chi connectivity index (χ2v) is 7.20. The summed E-state index contributed by atoms with van der Waals surface area (Å²) in [5, 5.41) is -0.444. The van der Waals surface area contributed by atoms with Gasteiger partial charge in [0.25, 0.3) is 0 Å². The quantitative estimate of drug-likeness (QED) is 0.592. The Bertz CT molecular complexity index is 865. The highest BCUT2D eigenvalue weighted by atomic mass is 35.5. The number of thiophene rings is 1. The molecule has 21 heavy (non-hydrogen) atoms. The highest BCUT2D eigenvalue weighted by Crippen LogP contribution is 2.41. The van der Waals surface area contributed by atoms with Crippen LogP contribution in [0.4, 0.5) is 0 Å². The predicted octanol–water partition coefficient (Wildman–Crippen LogP) is 5.31. The molecule has 3 aromatic rings. The van der Waals surface area contributed by atoms with Crippen LogP contribution in [0.1, 0.15) is 23.4 Å².